The Morgan fingerprint density at radius 3 is 2.23 bits per heavy atom. The van der Waals surface area contributed by atoms with E-state index in [-0.39, 0.29) is 60.5 Å². The summed E-state index contributed by atoms with van der Waals surface area (Å²) in [6.07, 6.45) is -5.71. The van der Waals surface area contributed by atoms with Crippen LogP contribution in [0.1, 0.15) is 93.4 Å². The lowest BCUT2D eigenvalue weighted by molar-refractivity contribution is -0.344. The molecule has 298 valence electrons. The molecule has 0 aromatic carbocycles. The Hall–Kier alpha value is -1.36. The number of hydrogen-bond acceptors (Lipinski definition) is 13. The summed E-state index contributed by atoms with van der Waals surface area (Å²) in [6, 6.07) is 0. The van der Waals surface area contributed by atoms with Crippen LogP contribution in [0.3, 0.4) is 0 Å². The molecular weight excluding hydrogens is 688 g/mol. The van der Waals surface area contributed by atoms with E-state index in [1.807, 2.05) is 20.8 Å². The maximum Gasteiger partial charge on any atom is 0.186 e. The van der Waals surface area contributed by atoms with E-state index >= 15 is 0 Å². The van der Waals surface area contributed by atoms with Crippen molar-refractivity contribution in [2.45, 2.75) is 167 Å². The van der Waals surface area contributed by atoms with Crippen molar-refractivity contribution in [2.75, 3.05) is 13.2 Å². The number of epoxide rings is 1. The average Bonchev–Trinajstić information content (AvgIpc) is 3.93. The normalized spacial score (nSPS) is 54.1. The van der Waals surface area contributed by atoms with Crippen LogP contribution in [0.15, 0.2) is 11.6 Å². The Balaban J connectivity index is 0.998. The van der Waals surface area contributed by atoms with Crippen LogP contribution in [0.25, 0.3) is 0 Å². The van der Waals surface area contributed by atoms with E-state index in [1.54, 1.807) is 0 Å². The molecule has 7 fully saturated rings. The van der Waals surface area contributed by atoms with Gasteiger partial charge in [0.2, 0.25) is 0 Å². The predicted molar refractivity (Wildman–Crippen MR) is 186 cm³/mol. The Bertz CT molecular complexity index is 1550. The largest absolute Gasteiger partial charge is 0.392 e. The number of rotatable bonds is 8. The smallest absolute Gasteiger partial charge is 0.186 e. The molecular formula is C40H60O13. The maximum atomic E-state index is 14.1. The first-order valence-corrected chi connectivity index (χ1v) is 19.7. The van der Waals surface area contributed by atoms with Crippen LogP contribution in [0.2, 0.25) is 0 Å². The molecule has 0 radical (unpaired) electrons. The van der Waals surface area contributed by atoms with Gasteiger partial charge in [0.1, 0.15) is 48.5 Å². The summed E-state index contributed by atoms with van der Waals surface area (Å²) in [5, 5.41) is 64.7. The fraction of sp³-hybridized carbons (Fsp3) is 0.900. The fourth-order valence-electron chi connectivity index (χ4n) is 13.1. The zero-order valence-electron chi connectivity index (χ0n) is 32.1. The third kappa shape index (κ3) is 5.28. The third-order valence-electron chi connectivity index (χ3n) is 16.1. The number of Topliss-reactive ketones (excluding diaryl/α,β-unsaturated/α-hetero) is 2. The lowest BCUT2D eigenvalue weighted by Gasteiger charge is -2.61. The summed E-state index contributed by atoms with van der Waals surface area (Å²) in [4.78, 5) is 27.2. The van der Waals surface area contributed by atoms with Crippen LogP contribution in [0.5, 0.6) is 0 Å². The van der Waals surface area contributed by atoms with E-state index < -0.39 is 88.7 Å². The van der Waals surface area contributed by atoms with Crippen molar-refractivity contribution in [3.63, 3.8) is 0 Å². The van der Waals surface area contributed by atoms with Gasteiger partial charge in [0, 0.05) is 29.6 Å². The van der Waals surface area contributed by atoms with Gasteiger partial charge < -0.3 is 54.3 Å². The molecule has 13 heteroatoms. The molecule has 18 atom stereocenters. The van der Waals surface area contributed by atoms with Gasteiger partial charge in [-0.25, -0.2) is 0 Å². The van der Waals surface area contributed by atoms with Crippen LogP contribution in [-0.4, -0.2) is 129 Å². The van der Waals surface area contributed by atoms with E-state index in [1.165, 1.54) is 5.57 Å². The van der Waals surface area contributed by atoms with Gasteiger partial charge in [-0.15, -0.1) is 0 Å². The van der Waals surface area contributed by atoms with Gasteiger partial charge >= 0.3 is 0 Å². The highest BCUT2D eigenvalue weighted by Gasteiger charge is 2.84. The van der Waals surface area contributed by atoms with E-state index in [0.29, 0.717) is 19.3 Å². The molecule has 0 bridgehead atoms. The minimum atomic E-state index is -1.59. The highest BCUT2D eigenvalue weighted by atomic mass is 16.7. The first-order valence-electron chi connectivity index (χ1n) is 19.7. The van der Waals surface area contributed by atoms with Crippen LogP contribution >= 0.6 is 0 Å². The number of carbonyl (C=O) groups is 2. The number of ketones is 2. The zero-order chi connectivity index (χ0) is 38.4. The molecule has 2 spiro atoms. The van der Waals surface area contributed by atoms with Gasteiger partial charge in [-0.2, -0.15) is 0 Å². The lowest BCUT2D eigenvalue weighted by atomic mass is 9.44. The summed E-state index contributed by atoms with van der Waals surface area (Å²) < 4.78 is 29.1. The van der Waals surface area contributed by atoms with Crippen LogP contribution in [0.4, 0.5) is 0 Å². The van der Waals surface area contributed by atoms with Crippen molar-refractivity contribution >= 4 is 11.6 Å². The van der Waals surface area contributed by atoms with Crippen LogP contribution in [0, 0.1) is 44.8 Å². The molecule has 0 aromatic rings. The fourth-order valence-corrected chi connectivity index (χ4v) is 13.1. The van der Waals surface area contributed by atoms with Crippen molar-refractivity contribution < 1.29 is 63.9 Å². The zero-order valence-corrected chi connectivity index (χ0v) is 32.1. The average molecular weight is 749 g/mol. The van der Waals surface area contributed by atoms with Crippen molar-refractivity contribution in [3.8, 4) is 0 Å². The second-order valence-electron chi connectivity index (χ2n) is 19.6. The maximum absolute atomic E-state index is 14.1. The van der Waals surface area contributed by atoms with Gasteiger partial charge in [0.25, 0.3) is 0 Å². The molecule has 8 aliphatic rings. The number of aliphatic hydroxyl groups excluding tert-OH is 6. The number of carbonyl (C=O) groups excluding carboxylic acids is 2. The number of hydrogen-bond donors (Lipinski definition) is 6. The second-order valence-corrected chi connectivity index (χ2v) is 19.6. The van der Waals surface area contributed by atoms with Gasteiger partial charge in [-0.05, 0) is 74.0 Å². The Morgan fingerprint density at radius 1 is 0.925 bits per heavy atom. The Morgan fingerprint density at radius 2 is 1.57 bits per heavy atom. The highest BCUT2D eigenvalue weighted by molar-refractivity contribution is 5.90. The van der Waals surface area contributed by atoms with Crippen LogP contribution < -0.4 is 0 Å². The van der Waals surface area contributed by atoms with Crippen molar-refractivity contribution in [1.82, 2.24) is 0 Å². The summed E-state index contributed by atoms with van der Waals surface area (Å²) in [6.45, 7) is 14.1. The summed E-state index contributed by atoms with van der Waals surface area (Å²) in [5.41, 5.74) is -1.18. The monoisotopic (exact) mass is 748 g/mol. The molecule has 0 aromatic heterocycles. The molecule has 53 heavy (non-hydrogen) atoms. The summed E-state index contributed by atoms with van der Waals surface area (Å²) in [7, 11) is 0. The summed E-state index contributed by atoms with van der Waals surface area (Å²) >= 11 is 0. The van der Waals surface area contributed by atoms with Gasteiger partial charge in [0.05, 0.1) is 31.0 Å². The standard InChI is InChI=1S/C40H60O13/c1-18(12-19(41)32-36(4,5)53-32)27-20(42)13-37(6)24-9-8-23-35(2,3)26(10-11-39(23)17-40(24,39)25(45)14-38(27,37)7)51-34-30(48)31(22(44)16-50-34)52-33-29(47)28(46)21(43)15-49-33/h9,18,21-23,25-34,43-48H,8,10-17H2,1-7H3/t18-,21-,22-,23+,25+,26+,27+,28+,29-,30-,31+,32+,33+,34+,37+,38-,39-,40+/m1/s1. The van der Waals surface area contributed by atoms with E-state index in [0.717, 1.165) is 19.3 Å². The van der Waals surface area contributed by atoms with Crippen molar-refractivity contribution in [2.24, 2.45) is 44.8 Å². The minimum absolute atomic E-state index is 0.0467. The van der Waals surface area contributed by atoms with Crippen molar-refractivity contribution in [3.05, 3.63) is 11.6 Å². The SMILES string of the molecule is C[C@H](CC(=O)[C@@H]1OC1(C)C)[C@H]1C(=O)C[C@@]2(C)C3=CC[C@H]4C(C)(C)[C@@H](O[C@@H]5OC[C@@H](O)[C@H](O[C@@H]6OC[C@@H](O)[C@H](O)[C@H]6O)[C@H]5O)CC[C@@]45C[C@@]35[C@@H](O)C[C@]12C. The minimum Gasteiger partial charge on any atom is -0.392 e. The molecule has 8 rings (SSSR count). The van der Waals surface area contributed by atoms with E-state index in [4.69, 9.17) is 23.7 Å². The number of ether oxygens (including phenoxy) is 5. The first kappa shape index (κ1) is 38.5. The molecule has 4 saturated carbocycles. The highest BCUT2D eigenvalue weighted by Crippen LogP contribution is 2.87. The van der Waals surface area contributed by atoms with Crippen molar-refractivity contribution in [1.29, 1.82) is 0 Å². The quantitative estimate of drug-likeness (QED) is 0.154. The molecule has 3 heterocycles. The number of aliphatic hydroxyl groups is 6. The van der Waals surface area contributed by atoms with Gasteiger partial charge in [-0.1, -0.05) is 46.3 Å². The molecule has 0 unspecified atom stereocenters. The summed E-state index contributed by atoms with van der Waals surface area (Å²) in [5.74, 6) is -0.128. The van der Waals surface area contributed by atoms with Crippen LogP contribution in [-0.2, 0) is 33.3 Å². The van der Waals surface area contributed by atoms with Gasteiger partial charge in [-0.3, -0.25) is 9.59 Å². The molecule has 13 nitrogen and oxygen atoms in total. The first-order chi connectivity index (χ1) is 24.7. The van der Waals surface area contributed by atoms with E-state index in [9.17, 15) is 40.2 Å². The van der Waals surface area contributed by atoms with Gasteiger partial charge in [0.15, 0.2) is 18.4 Å². The topological polar surface area (TPSA) is 205 Å². The second kappa shape index (κ2) is 12.3. The number of allylic oxidation sites excluding steroid dienone is 1. The van der Waals surface area contributed by atoms with E-state index in [2.05, 4.69) is 33.8 Å². The molecule has 0 amide bonds. The lowest BCUT2D eigenvalue weighted by Crippen LogP contribution is -2.62. The Labute approximate surface area is 311 Å². The third-order valence-corrected chi connectivity index (χ3v) is 16.1. The Kier molecular flexibility index (Phi) is 8.95. The molecule has 5 aliphatic carbocycles. The molecule has 3 aliphatic heterocycles. The number of fused-ring (bicyclic) bond motifs is 2. The molecule has 6 N–H and O–H groups in total. The molecule has 3 saturated heterocycles. The predicted octanol–water partition coefficient (Wildman–Crippen LogP) is 1.56.